The minimum Gasteiger partial charge on any atom is -0.504 e. The topological polar surface area (TPSA) is 128 Å². The quantitative estimate of drug-likeness (QED) is 0.296. The zero-order valence-corrected chi connectivity index (χ0v) is 16.8. The monoisotopic (exact) mass is 415 g/mol. The van der Waals surface area contributed by atoms with Crippen molar-refractivity contribution in [3.05, 3.63) is 53.6 Å². The lowest BCUT2D eigenvalue weighted by molar-refractivity contribution is -0.153. The molecule has 0 spiro atoms. The first kappa shape index (κ1) is 22.6. The second-order valence-electron chi connectivity index (χ2n) is 6.74. The highest BCUT2D eigenvalue weighted by atomic mass is 16.5. The van der Waals surface area contributed by atoms with E-state index in [-0.39, 0.29) is 36.0 Å². The van der Waals surface area contributed by atoms with E-state index in [0.29, 0.717) is 17.5 Å². The Bertz CT molecular complexity index is 939. The van der Waals surface area contributed by atoms with Gasteiger partial charge in [-0.2, -0.15) is 0 Å². The number of esters is 1. The summed E-state index contributed by atoms with van der Waals surface area (Å²) in [5.74, 6) is -2.26. The summed E-state index contributed by atoms with van der Waals surface area (Å²) in [5.41, 5.74) is 1.02. The summed E-state index contributed by atoms with van der Waals surface area (Å²) >= 11 is 0. The minimum atomic E-state index is -0.953. The number of likely N-dealkylation sites (N-methyl/N-ethyl adjacent to an activating group) is 1. The van der Waals surface area contributed by atoms with Gasteiger partial charge in [0.1, 0.15) is 6.04 Å². The fourth-order valence-corrected chi connectivity index (χ4v) is 2.68. The van der Waals surface area contributed by atoms with Crippen LogP contribution < -0.4 is 0 Å². The standard InChI is InChI=1S/C22H25NO7/c1-3-10-30-22(29)16(11-15-5-8-18(25)20(27)13-15)23(2)21(28)9-6-14-4-7-17(24)19(26)12-14/h4-9,12-13,16,24-27H,3,10-11H2,1-2H3/b9-6+. The average Bonchev–Trinajstić information content (AvgIpc) is 2.72. The molecule has 0 heterocycles. The summed E-state index contributed by atoms with van der Waals surface area (Å²) in [6, 6.07) is 7.33. The Kier molecular flexibility index (Phi) is 7.69. The van der Waals surface area contributed by atoms with Crippen LogP contribution in [0.25, 0.3) is 6.08 Å². The van der Waals surface area contributed by atoms with E-state index < -0.39 is 17.9 Å². The Labute approximate surface area is 174 Å². The number of carbonyl (C=O) groups excluding carboxylic acids is 2. The van der Waals surface area contributed by atoms with Gasteiger partial charge in [-0.3, -0.25) is 4.79 Å². The zero-order valence-electron chi connectivity index (χ0n) is 16.8. The molecule has 30 heavy (non-hydrogen) atoms. The van der Waals surface area contributed by atoms with E-state index in [0.717, 1.165) is 0 Å². The summed E-state index contributed by atoms with van der Waals surface area (Å²) in [4.78, 5) is 26.4. The van der Waals surface area contributed by atoms with Crippen molar-refractivity contribution in [2.24, 2.45) is 0 Å². The number of phenolic OH excluding ortho intramolecular Hbond substituents is 4. The molecule has 0 saturated heterocycles. The largest absolute Gasteiger partial charge is 0.504 e. The highest BCUT2D eigenvalue weighted by Gasteiger charge is 2.28. The molecule has 2 aromatic carbocycles. The van der Waals surface area contributed by atoms with Gasteiger partial charge in [0.25, 0.3) is 0 Å². The van der Waals surface area contributed by atoms with Gasteiger partial charge in [-0.25, -0.2) is 4.79 Å². The molecule has 0 aromatic heterocycles. The number of ether oxygens (including phenoxy) is 1. The molecule has 0 aliphatic rings. The smallest absolute Gasteiger partial charge is 0.329 e. The van der Waals surface area contributed by atoms with E-state index in [1.807, 2.05) is 6.92 Å². The molecule has 0 aliphatic heterocycles. The second-order valence-corrected chi connectivity index (χ2v) is 6.74. The van der Waals surface area contributed by atoms with E-state index in [9.17, 15) is 30.0 Å². The highest BCUT2D eigenvalue weighted by molar-refractivity contribution is 5.94. The van der Waals surface area contributed by atoms with Gasteiger partial charge in [0.05, 0.1) is 6.61 Å². The predicted molar refractivity (Wildman–Crippen MR) is 110 cm³/mol. The van der Waals surface area contributed by atoms with E-state index in [1.54, 1.807) is 6.07 Å². The summed E-state index contributed by atoms with van der Waals surface area (Å²) < 4.78 is 5.21. The molecule has 0 fully saturated rings. The zero-order chi connectivity index (χ0) is 22.3. The Morgan fingerprint density at radius 1 is 1.00 bits per heavy atom. The fraction of sp³-hybridized carbons (Fsp3) is 0.273. The number of phenols is 4. The van der Waals surface area contributed by atoms with Gasteiger partial charge in [0.15, 0.2) is 23.0 Å². The number of hydrogen-bond donors (Lipinski definition) is 4. The van der Waals surface area contributed by atoms with Gasteiger partial charge >= 0.3 is 5.97 Å². The van der Waals surface area contributed by atoms with Crippen LogP contribution in [0.3, 0.4) is 0 Å². The van der Waals surface area contributed by atoms with Crippen LogP contribution in [0.4, 0.5) is 0 Å². The number of hydrogen-bond acceptors (Lipinski definition) is 7. The van der Waals surface area contributed by atoms with Gasteiger partial charge < -0.3 is 30.1 Å². The summed E-state index contributed by atoms with van der Waals surface area (Å²) in [7, 11) is 1.46. The van der Waals surface area contributed by atoms with E-state index in [4.69, 9.17) is 4.74 Å². The maximum absolute atomic E-state index is 12.6. The number of carbonyl (C=O) groups is 2. The number of benzene rings is 2. The van der Waals surface area contributed by atoms with Gasteiger partial charge in [-0.1, -0.05) is 19.1 Å². The Hall–Kier alpha value is -3.68. The fourth-order valence-electron chi connectivity index (χ4n) is 2.68. The van der Waals surface area contributed by atoms with Crippen LogP contribution in [0.15, 0.2) is 42.5 Å². The van der Waals surface area contributed by atoms with Crippen LogP contribution in [-0.2, 0) is 20.7 Å². The maximum Gasteiger partial charge on any atom is 0.329 e. The molecule has 0 bridgehead atoms. The SMILES string of the molecule is CCCOC(=O)C(Cc1ccc(O)c(O)c1)N(C)C(=O)/C=C/c1ccc(O)c(O)c1. The van der Waals surface area contributed by atoms with Crippen LogP contribution >= 0.6 is 0 Å². The molecule has 1 amide bonds. The predicted octanol–water partition coefficient (Wildman–Crippen LogP) is 2.55. The van der Waals surface area contributed by atoms with Crippen LogP contribution in [0.5, 0.6) is 23.0 Å². The van der Waals surface area contributed by atoms with Crippen molar-refractivity contribution in [3.63, 3.8) is 0 Å². The van der Waals surface area contributed by atoms with Crippen molar-refractivity contribution < 1.29 is 34.8 Å². The highest BCUT2D eigenvalue weighted by Crippen LogP contribution is 2.27. The Balaban J connectivity index is 2.21. The lowest BCUT2D eigenvalue weighted by Gasteiger charge is -2.26. The second kappa shape index (κ2) is 10.2. The molecule has 2 aromatic rings. The van der Waals surface area contributed by atoms with Crippen molar-refractivity contribution in [2.45, 2.75) is 25.8 Å². The first-order valence-corrected chi connectivity index (χ1v) is 9.37. The Morgan fingerprint density at radius 2 is 1.63 bits per heavy atom. The van der Waals surface area contributed by atoms with Crippen LogP contribution in [0.2, 0.25) is 0 Å². The van der Waals surface area contributed by atoms with Gasteiger partial charge in [0, 0.05) is 19.5 Å². The third-order valence-corrected chi connectivity index (χ3v) is 4.42. The van der Waals surface area contributed by atoms with Crippen molar-refractivity contribution in [1.29, 1.82) is 0 Å². The normalized spacial score (nSPS) is 11.9. The third kappa shape index (κ3) is 5.91. The van der Waals surface area contributed by atoms with Crippen LogP contribution in [0.1, 0.15) is 24.5 Å². The lowest BCUT2D eigenvalue weighted by Crippen LogP contribution is -2.44. The molecule has 8 nitrogen and oxygen atoms in total. The van der Waals surface area contributed by atoms with E-state index in [1.165, 1.54) is 54.4 Å². The first-order valence-electron chi connectivity index (χ1n) is 9.37. The first-order chi connectivity index (χ1) is 14.2. The molecule has 0 saturated carbocycles. The molecule has 160 valence electrons. The van der Waals surface area contributed by atoms with Gasteiger partial charge in [0.2, 0.25) is 5.91 Å². The van der Waals surface area contributed by atoms with Crippen LogP contribution in [-0.4, -0.2) is 56.9 Å². The molecule has 4 N–H and O–H groups in total. The number of aromatic hydroxyl groups is 4. The van der Waals surface area contributed by atoms with Crippen molar-refractivity contribution in [3.8, 4) is 23.0 Å². The van der Waals surface area contributed by atoms with Crippen LogP contribution in [0, 0.1) is 0 Å². The van der Waals surface area contributed by atoms with Gasteiger partial charge in [-0.05, 0) is 47.9 Å². The van der Waals surface area contributed by atoms with Crippen molar-refractivity contribution >= 4 is 18.0 Å². The number of rotatable bonds is 8. The average molecular weight is 415 g/mol. The van der Waals surface area contributed by atoms with Crippen molar-refractivity contribution in [2.75, 3.05) is 13.7 Å². The number of amides is 1. The summed E-state index contributed by atoms with van der Waals surface area (Å²) in [5, 5.41) is 38.1. The van der Waals surface area contributed by atoms with Gasteiger partial charge in [-0.15, -0.1) is 0 Å². The number of nitrogens with zero attached hydrogens (tertiary/aromatic N) is 1. The molecule has 0 aliphatic carbocycles. The molecule has 8 heteroatoms. The molecular weight excluding hydrogens is 390 g/mol. The summed E-state index contributed by atoms with van der Waals surface area (Å²) in [6.45, 7) is 2.06. The van der Waals surface area contributed by atoms with E-state index in [2.05, 4.69) is 0 Å². The maximum atomic E-state index is 12.6. The third-order valence-electron chi connectivity index (χ3n) is 4.42. The molecular formula is C22H25NO7. The summed E-state index contributed by atoms with van der Waals surface area (Å²) in [6.07, 6.45) is 3.38. The lowest BCUT2D eigenvalue weighted by atomic mass is 10.0. The van der Waals surface area contributed by atoms with Crippen molar-refractivity contribution in [1.82, 2.24) is 4.90 Å². The van der Waals surface area contributed by atoms with E-state index >= 15 is 0 Å². The molecule has 2 rings (SSSR count). The molecule has 1 unspecified atom stereocenters. The minimum absolute atomic E-state index is 0.0759. The Morgan fingerprint density at radius 3 is 2.23 bits per heavy atom. The molecule has 1 atom stereocenters. The molecule has 0 radical (unpaired) electrons.